The standard InChI is InChI=1S/C12H16N2O4/c1-2-18-12(16)10-7-13-4-5-14(10)11(15)9-3-6-17-8-9/h3,6,8,10,13H,2,4-5,7H2,1H3. The number of rotatable bonds is 3. The molecule has 1 saturated heterocycles. The molecule has 6 heteroatoms. The van der Waals surface area contributed by atoms with Gasteiger partial charge in [-0.15, -0.1) is 0 Å². The van der Waals surface area contributed by atoms with E-state index < -0.39 is 6.04 Å². The SMILES string of the molecule is CCOC(=O)C1CNCCN1C(=O)c1ccoc1. The number of nitrogens with zero attached hydrogens (tertiary/aromatic N) is 1. The predicted molar refractivity (Wildman–Crippen MR) is 63.0 cm³/mol. The van der Waals surface area contributed by atoms with E-state index in [1.807, 2.05) is 0 Å². The first-order chi connectivity index (χ1) is 8.74. The molecule has 2 heterocycles. The molecule has 1 aromatic heterocycles. The maximum Gasteiger partial charge on any atom is 0.330 e. The first-order valence-electron chi connectivity index (χ1n) is 5.94. The van der Waals surface area contributed by atoms with E-state index in [-0.39, 0.29) is 11.9 Å². The molecule has 0 saturated carbocycles. The molecule has 0 bridgehead atoms. The van der Waals surface area contributed by atoms with Crippen molar-refractivity contribution in [3.8, 4) is 0 Å². The maximum absolute atomic E-state index is 12.2. The average molecular weight is 252 g/mol. The predicted octanol–water partition coefficient (Wildman–Crippen LogP) is 0.257. The van der Waals surface area contributed by atoms with Gasteiger partial charge in [0.25, 0.3) is 5.91 Å². The molecule has 1 unspecified atom stereocenters. The van der Waals surface area contributed by atoms with Crippen molar-refractivity contribution < 1.29 is 18.7 Å². The number of piperazine rings is 1. The molecule has 0 aromatic carbocycles. The summed E-state index contributed by atoms with van der Waals surface area (Å²) in [5.41, 5.74) is 0.450. The van der Waals surface area contributed by atoms with Gasteiger partial charge < -0.3 is 19.4 Å². The second-order valence-electron chi connectivity index (χ2n) is 3.98. The summed E-state index contributed by atoms with van der Waals surface area (Å²) in [6, 6.07) is 1.02. The molecule has 1 aliphatic heterocycles. The molecule has 1 aromatic rings. The Hall–Kier alpha value is -1.82. The van der Waals surface area contributed by atoms with Crippen molar-refractivity contribution in [1.29, 1.82) is 0 Å². The zero-order chi connectivity index (χ0) is 13.0. The lowest BCUT2D eigenvalue weighted by atomic mass is 10.1. The fourth-order valence-corrected chi connectivity index (χ4v) is 1.95. The van der Waals surface area contributed by atoms with Crippen molar-refractivity contribution in [2.75, 3.05) is 26.2 Å². The lowest BCUT2D eigenvalue weighted by Crippen LogP contribution is -2.57. The first-order valence-corrected chi connectivity index (χ1v) is 5.94. The van der Waals surface area contributed by atoms with Crippen molar-refractivity contribution in [3.05, 3.63) is 24.2 Å². The van der Waals surface area contributed by atoms with Gasteiger partial charge in [-0.05, 0) is 13.0 Å². The minimum absolute atomic E-state index is 0.205. The molecule has 0 radical (unpaired) electrons. The fourth-order valence-electron chi connectivity index (χ4n) is 1.95. The number of hydrogen-bond donors (Lipinski definition) is 1. The highest BCUT2D eigenvalue weighted by molar-refractivity contribution is 5.96. The smallest absolute Gasteiger partial charge is 0.330 e. The molecule has 6 nitrogen and oxygen atoms in total. The van der Waals surface area contributed by atoms with E-state index in [2.05, 4.69) is 5.32 Å². The highest BCUT2D eigenvalue weighted by Gasteiger charge is 2.33. The Bertz CT molecular complexity index is 416. The fraction of sp³-hybridized carbons (Fsp3) is 0.500. The summed E-state index contributed by atoms with van der Waals surface area (Å²) in [6.07, 6.45) is 2.82. The summed E-state index contributed by atoms with van der Waals surface area (Å²) in [6.45, 7) is 3.62. The van der Waals surface area contributed by atoms with Gasteiger partial charge in [-0.2, -0.15) is 0 Å². The second kappa shape index (κ2) is 5.68. The van der Waals surface area contributed by atoms with Crippen molar-refractivity contribution in [2.45, 2.75) is 13.0 Å². The second-order valence-corrected chi connectivity index (χ2v) is 3.98. The van der Waals surface area contributed by atoms with Gasteiger partial charge in [0.1, 0.15) is 12.3 Å². The Labute approximate surface area is 105 Å². The van der Waals surface area contributed by atoms with Crippen LogP contribution in [0.25, 0.3) is 0 Å². The van der Waals surface area contributed by atoms with E-state index >= 15 is 0 Å². The lowest BCUT2D eigenvalue weighted by molar-refractivity contribution is -0.149. The van der Waals surface area contributed by atoms with Crippen LogP contribution < -0.4 is 5.32 Å². The molecular formula is C12H16N2O4. The van der Waals surface area contributed by atoms with Crippen LogP contribution in [0.2, 0.25) is 0 Å². The maximum atomic E-state index is 12.2. The number of furan rings is 1. The lowest BCUT2D eigenvalue weighted by Gasteiger charge is -2.34. The molecule has 0 spiro atoms. The first kappa shape index (κ1) is 12.6. The van der Waals surface area contributed by atoms with Crippen LogP contribution in [-0.2, 0) is 9.53 Å². The van der Waals surface area contributed by atoms with Gasteiger partial charge in [0, 0.05) is 19.6 Å². The van der Waals surface area contributed by atoms with Crippen LogP contribution in [0.5, 0.6) is 0 Å². The van der Waals surface area contributed by atoms with E-state index in [1.54, 1.807) is 13.0 Å². The Morgan fingerprint density at radius 3 is 3.11 bits per heavy atom. The van der Waals surface area contributed by atoms with Gasteiger partial charge in [0.15, 0.2) is 0 Å². The van der Waals surface area contributed by atoms with Crippen LogP contribution in [0, 0.1) is 0 Å². The van der Waals surface area contributed by atoms with Gasteiger partial charge in [-0.3, -0.25) is 4.79 Å². The monoisotopic (exact) mass is 252 g/mol. The molecular weight excluding hydrogens is 236 g/mol. The summed E-state index contributed by atoms with van der Waals surface area (Å²) < 4.78 is 9.87. The highest BCUT2D eigenvalue weighted by Crippen LogP contribution is 2.12. The van der Waals surface area contributed by atoms with Gasteiger partial charge >= 0.3 is 5.97 Å². The molecule has 1 fully saturated rings. The normalized spacial score (nSPS) is 19.6. The number of ether oxygens (including phenoxy) is 1. The number of nitrogens with one attached hydrogen (secondary N) is 1. The number of carbonyl (C=O) groups is 2. The van der Waals surface area contributed by atoms with E-state index in [0.717, 1.165) is 0 Å². The summed E-state index contributed by atoms with van der Waals surface area (Å²) in [5, 5.41) is 3.09. The Balaban J connectivity index is 2.12. The topological polar surface area (TPSA) is 71.8 Å². The Kier molecular flexibility index (Phi) is 3.99. The van der Waals surface area contributed by atoms with Crippen LogP contribution >= 0.6 is 0 Å². The van der Waals surface area contributed by atoms with Crippen molar-refractivity contribution in [1.82, 2.24) is 10.2 Å². The minimum atomic E-state index is -0.568. The molecule has 18 heavy (non-hydrogen) atoms. The number of carbonyl (C=O) groups excluding carboxylic acids is 2. The molecule has 0 aliphatic carbocycles. The number of amides is 1. The van der Waals surface area contributed by atoms with Gasteiger partial charge in [0.2, 0.25) is 0 Å². The average Bonchev–Trinajstić information content (AvgIpc) is 2.92. The van der Waals surface area contributed by atoms with Crippen LogP contribution in [0.4, 0.5) is 0 Å². The van der Waals surface area contributed by atoms with Crippen LogP contribution in [0.1, 0.15) is 17.3 Å². The summed E-state index contributed by atoms with van der Waals surface area (Å²) in [7, 11) is 0. The molecule has 1 N–H and O–H groups in total. The van der Waals surface area contributed by atoms with E-state index in [9.17, 15) is 9.59 Å². The molecule has 1 amide bonds. The summed E-state index contributed by atoms with van der Waals surface area (Å²) in [5.74, 6) is -0.579. The largest absolute Gasteiger partial charge is 0.472 e. The molecule has 2 rings (SSSR count). The summed E-state index contributed by atoms with van der Waals surface area (Å²) >= 11 is 0. The molecule has 1 atom stereocenters. The van der Waals surface area contributed by atoms with Gasteiger partial charge in [-0.1, -0.05) is 0 Å². The third-order valence-electron chi connectivity index (χ3n) is 2.83. The minimum Gasteiger partial charge on any atom is -0.472 e. The quantitative estimate of drug-likeness (QED) is 0.781. The van der Waals surface area contributed by atoms with Crippen LogP contribution in [0.15, 0.2) is 23.0 Å². The van der Waals surface area contributed by atoms with E-state index in [0.29, 0.717) is 31.8 Å². The number of hydrogen-bond acceptors (Lipinski definition) is 5. The van der Waals surface area contributed by atoms with Crippen molar-refractivity contribution in [2.24, 2.45) is 0 Å². The van der Waals surface area contributed by atoms with Crippen LogP contribution in [0.3, 0.4) is 0 Å². The zero-order valence-electron chi connectivity index (χ0n) is 10.2. The molecule has 1 aliphatic rings. The third kappa shape index (κ3) is 2.53. The van der Waals surface area contributed by atoms with Gasteiger partial charge in [0.05, 0.1) is 18.4 Å². The van der Waals surface area contributed by atoms with Gasteiger partial charge in [-0.25, -0.2) is 4.79 Å². The third-order valence-corrected chi connectivity index (χ3v) is 2.83. The number of esters is 1. The zero-order valence-corrected chi connectivity index (χ0v) is 10.2. The van der Waals surface area contributed by atoms with E-state index in [1.165, 1.54) is 17.4 Å². The Morgan fingerprint density at radius 2 is 2.44 bits per heavy atom. The summed E-state index contributed by atoms with van der Waals surface area (Å²) in [4.78, 5) is 25.5. The van der Waals surface area contributed by atoms with E-state index in [4.69, 9.17) is 9.15 Å². The van der Waals surface area contributed by atoms with Crippen molar-refractivity contribution in [3.63, 3.8) is 0 Å². The molecule has 98 valence electrons. The van der Waals surface area contributed by atoms with Crippen molar-refractivity contribution >= 4 is 11.9 Å². The highest BCUT2D eigenvalue weighted by atomic mass is 16.5. The van der Waals surface area contributed by atoms with Crippen LogP contribution in [-0.4, -0.2) is 49.1 Å². The Morgan fingerprint density at radius 1 is 1.61 bits per heavy atom.